The van der Waals surface area contributed by atoms with Crippen LogP contribution in [-0.2, 0) is 14.3 Å². The molecule has 1 heterocycles. The highest BCUT2D eigenvalue weighted by Gasteiger charge is 2.56. The number of hydrogen-bond donors (Lipinski definition) is 2. The summed E-state index contributed by atoms with van der Waals surface area (Å²) in [7, 11) is 0. The van der Waals surface area contributed by atoms with Crippen LogP contribution in [0.4, 0.5) is 10.5 Å². The van der Waals surface area contributed by atoms with Crippen molar-refractivity contribution in [1.82, 2.24) is 10.2 Å². The molecule has 1 aliphatic heterocycles. The van der Waals surface area contributed by atoms with E-state index in [1.165, 1.54) is 0 Å². The van der Waals surface area contributed by atoms with Crippen LogP contribution in [0.1, 0.15) is 32.6 Å². The lowest BCUT2D eigenvalue weighted by atomic mass is 10.0. The van der Waals surface area contributed by atoms with Gasteiger partial charge in [0, 0.05) is 24.8 Å². The number of carbonyl (C=O) groups excluding carboxylic acids is 3. The highest BCUT2D eigenvalue weighted by molar-refractivity contribution is 6.13. The topological polar surface area (TPSA) is 87.7 Å². The molecular weight excluding hydrogens is 334 g/mol. The van der Waals surface area contributed by atoms with Gasteiger partial charge in [-0.2, -0.15) is 0 Å². The van der Waals surface area contributed by atoms with Crippen molar-refractivity contribution in [3.63, 3.8) is 0 Å². The molecule has 1 aliphatic carbocycles. The molecule has 2 aliphatic rings. The normalized spacial score (nSPS) is 18.7. The van der Waals surface area contributed by atoms with Crippen molar-refractivity contribution in [2.45, 2.75) is 38.6 Å². The summed E-state index contributed by atoms with van der Waals surface area (Å²) in [5.41, 5.74) is -0.256. The van der Waals surface area contributed by atoms with Gasteiger partial charge in [0.1, 0.15) is 5.41 Å². The van der Waals surface area contributed by atoms with Crippen LogP contribution in [0, 0.1) is 5.41 Å². The van der Waals surface area contributed by atoms with Crippen LogP contribution < -0.4 is 10.6 Å². The molecule has 140 valence electrons. The summed E-state index contributed by atoms with van der Waals surface area (Å²) in [6, 6.07) is 9.14. The standard InChI is InChI=1S/C19H25N3O4/c1-2-26-18(25)22-12-8-15(9-13-22)21-17(24)19(10-11-19)16(23)20-14-6-4-3-5-7-14/h3-7,15H,2,8-13H2,1H3,(H,20,23)(H,21,24). The largest absolute Gasteiger partial charge is 0.450 e. The van der Waals surface area contributed by atoms with Crippen LogP contribution in [0.25, 0.3) is 0 Å². The molecule has 26 heavy (non-hydrogen) atoms. The van der Waals surface area contributed by atoms with Gasteiger partial charge in [-0.15, -0.1) is 0 Å². The van der Waals surface area contributed by atoms with E-state index in [0.29, 0.717) is 51.1 Å². The van der Waals surface area contributed by atoms with Crippen molar-refractivity contribution >= 4 is 23.6 Å². The number of piperidine rings is 1. The molecule has 1 aromatic rings. The molecule has 0 unspecified atom stereocenters. The molecule has 7 heteroatoms. The Bertz CT molecular complexity index is 665. The first-order valence-corrected chi connectivity index (χ1v) is 9.14. The van der Waals surface area contributed by atoms with Gasteiger partial charge >= 0.3 is 6.09 Å². The summed E-state index contributed by atoms with van der Waals surface area (Å²) < 4.78 is 5.00. The third kappa shape index (κ3) is 3.98. The Kier molecular flexibility index (Phi) is 5.44. The molecule has 3 amide bonds. The molecule has 1 aromatic carbocycles. The van der Waals surface area contributed by atoms with Gasteiger partial charge in [-0.1, -0.05) is 18.2 Å². The van der Waals surface area contributed by atoms with Crippen molar-refractivity contribution in [3.8, 4) is 0 Å². The van der Waals surface area contributed by atoms with E-state index in [-0.39, 0.29) is 23.9 Å². The Morgan fingerprint density at radius 3 is 2.35 bits per heavy atom. The number of rotatable bonds is 5. The zero-order valence-electron chi connectivity index (χ0n) is 15.0. The van der Waals surface area contributed by atoms with E-state index in [4.69, 9.17) is 4.74 Å². The number of nitrogens with one attached hydrogen (secondary N) is 2. The summed E-state index contributed by atoms with van der Waals surface area (Å²) >= 11 is 0. The number of nitrogens with zero attached hydrogens (tertiary/aromatic N) is 1. The Labute approximate surface area is 153 Å². The number of anilines is 1. The number of carbonyl (C=O) groups is 3. The molecule has 1 saturated heterocycles. The molecule has 2 N–H and O–H groups in total. The van der Waals surface area contributed by atoms with Crippen molar-refractivity contribution in [2.75, 3.05) is 25.0 Å². The number of para-hydroxylation sites is 1. The Balaban J connectivity index is 1.50. The molecule has 1 saturated carbocycles. The minimum Gasteiger partial charge on any atom is -0.450 e. The van der Waals surface area contributed by atoms with Gasteiger partial charge in [-0.05, 0) is 44.7 Å². The second-order valence-corrected chi connectivity index (χ2v) is 6.84. The van der Waals surface area contributed by atoms with Crippen molar-refractivity contribution < 1.29 is 19.1 Å². The highest BCUT2D eigenvalue weighted by atomic mass is 16.6. The van der Waals surface area contributed by atoms with Crippen molar-refractivity contribution in [2.24, 2.45) is 5.41 Å². The molecule has 7 nitrogen and oxygen atoms in total. The SMILES string of the molecule is CCOC(=O)N1CCC(NC(=O)C2(C(=O)Nc3ccccc3)CC2)CC1. The van der Waals surface area contributed by atoms with Gasteiger partial charge in [-0.25, -0.2) is 4.79 Å². The van der Waals surface area contributed by atoms with Crippen molar-refractivity contribution in [3.05, 3.63) is 30.3 Å². The maximum absolute atomic E-state index is 12.7. The third-order valence-electron chi connectivity index (χ3n) is 5.01. The molecule has 0 aromatic heterocycles. The summed E-state index contributed by atoms with van der Waals surface area (Å²) in [6.45, 7) is 3.23. The Morgan fingerprint density at radius 2 is 1.77 bits per heavy atom. The highest BCUT2D eigenvalue weighted by Crippen LogP contribution is 2.47. The van der Waals surface area contributed by atoms with E-state index in [1.807, 2.05) is 18.2 Å². The van der Waals surface area contributed by atoms with E-state index in [0.717, 1.165) is 0 Å². The van der Waals surface area contributed by atoms with Gasteiger partial charge in [-0.3, -0.25) is 9.59 Å². The summed E-state index contributed by atoms with van der Waals surface area (Å²) in [6.07, 6.45) is 2.17. The molecule has 0 spiro atoms. The lowest BCUT2D eigenvalue weighted by Crippen LogP contribution is -2.50. The number of benzene rings is 1. The number of likely N-dealkylation sites (tertiary alicyclic amines) is 1. The van der Waals surface area contributed by atoms with Gasteiger partial charge in [0.05, 0.1) is 6.61 Å². The average molecular weight is 359 g/mol. The molecule has 0 radical (unpaired) electrons. The van der Waals surface area contributed by atoms with E-state index in [9.17, 15) is 14.4 Å². The zero-order chi connectivity index (χ0) is 18.6. The predicted octanol–water partition coefficient (Wildman–Crippen LogP) is 2.14. The van der Waals surface area contributed by atoms with Crippen LogP contribution in [-0.4, -0.2) is 48.5 Å². The zero-order valence-corrected chi connectivity index (χ0v) is 15.0. The molecule has 0 bridgehead atoms. The fourth-order valence-corrected chi connectivity index (χ4v) is 3.20. The first-order chi connectivity index (χ1) is 12.5. The van der Waals surface area contributed by atoms with Crippen molar-refractivity contribution in [1.29, 1.82) is 0 Å². The summed E-state index contributed by atoms with van der Waals surface area (Å²) in [5.74, 6) is -0.453. The predicted molar refractivity (Wildman–Crippen MR) is 96.5 cm³/mol. The fourth-order valence-electron chi connectivity index (χ4n) is 3.20. The third-order valence-corrected chi connectivity index (χ3v) is 5.01. The summed E-state index contributed by atoms with van der Waals surface area (Å²) in [4.78, 5) is 38.6. The van der Waals surface area contributed by atoms with Gasteiger partial charge < -0.3 is 20.3 Å². The minimum absolute atomic E-state index is 0.0184. The van der Waals surface area contributed by atoms with Crippen LogP contribution in [0.5, 0.6) is 0 Å². The van der Waals surface area contributed by atoms with E-state index in [1.54, 1.807) is 24.0 Å². The molecular formula is C19H25N3O4. The lowest BCUT2D eigenvalue weighted by molar-refractivity contribution is -0.135. The summed E-state index contributed by atoms with van der Waals surface area (Å²) in [5, 5.41) is 5.83. The maximum atomic E-state index is 12.7. The first kappa shape index (κ1) is 18.2. The van der Waals surface area contributed by atoms with Crippen LogP contribution in [0.15, 0.2) is 30.3 Å². The average Bonchev–Trinajstić information content (AvgIpc) is 3.45. The second kappa shape index (κ2) is 7.76. The Morgan fingerprint density at radius 1 is 1.12 bits per heavy atom. The van der Waals surface area contributed by atoms with Gasteiger partial charge in [0.25, 0.3) is 0 Å². The number of hydrogen-bond acceptors (Lipinski definition) is 4. The quantitative estimate of drug-likeness (QED) is 0.789. The van der Waals surface area contributed by atoms with Gasteiger partial charge in [0.2, 0.25) is 11.8 Å². The monoisotopic (exact) mass is 359 g/mol. The molecule has 2 fully saturated rings. The molecule has 0 atom stereocenters. The van der Waals surface area contributed by atoms with E-state index in [2.05, 4.69) is 10.6 Å². The fraction of sp³-hybridized carbons (Fsp3) is 0.526. The lowest BCUT2D eigenvalue weighted by Gasteiger charge is -2.32. The van der Waals surface area contributed by atoms with E-state index < -0.39 is 5.41 Å². The first-order valence-electron chi connectivity index (χ1n) is 9.14. The smallest absolute Gasteiger partial charge is 0.409 e. The number of amides is 3. The van der Waals surface area contributed by atoms with Gasteiger partial charge in [0.15, 0.2) is 0 Å². The molecule has 3 rings (SSSR count). The Hall–Kier alpha value is -2.57. The number of ether oxygens (including phenoxy) is 1. The second-order valence-electron chi connectivity index (χ2n) is 6.84. The van der Waals surface area contributed by atoms with E-state index >= 15 is 0 Å². The van der Waals surface area contributed by atoms with Crippen LogP contribution in [0.3, 0.4) is 0 Å². The minimum atomic E-state index is -0.950. The maximum Gasteiger partial charge on any atom is 0.409 e. The van der Waals surface area contributed by atoms with Crippen LogP contribution >= 0.6 is 0 Å². The van der Waals surface area contributed by atoms with Crippen LogP contribution in [0.2, 0.25) is 0 Å².